The minimum atomic E-state index is -0.447. The third kappa shape index (κ3) is 4.57. The highest BCUT2D eigenvalue weighted by Gasteiger charge is 2.06. The van der Waals surface area contributed by atoms with Crippen LogP contribution in [0.2, 0.25) is 5.02 Å². The first-order valence-electron chi connectivity index (χ1n) is 6.70. The van der Waals surface area contributed by atoms with Gasteiger partial charge in [0, 0.05) is 12.0 Å². The van der Waals surface area contributed by atoms with Crippen molar-refractivity contribution in [3.8, 4) is 5.75 Å². The maximum Gasteiger partial charge on any atom is 0.142 e. The highest BCUT2D eigenvalue weighted by Crippen LogP contribution is 2.22. The number of benzene rings is 2. The maximum absolute atomic E-state index is 13.3. The van der Waals surface area contributed by atoms with Crippen molar-refractivity contribution in [1.82, 2.24) is 0 Å². The Morgan fingerprint density at radius 1 is 1.19 bits per heavy atom. The zero-order valence-electron chi connectivity index (χ0n) is 11.7. The molecule has 0 spiro atoms. The Kier molecular flexibility index (Phi) is 5.34. The molecular formula is C17H16ClFO2. The Labute approximate surface area is 128 Å². The monoisotopic (exact) mass is 306 g/mol. The van der Waals surface area contributed by atoms with Gasteiger partial charge in [0.25, 0.3) is 0 Å². The maximum atomic E-state index is 13.3. The van der Waals surface area contributed by atoms with Gasteiger partial charge in [-0.1, -0.05) is 35.9 Å². The molecule has 0 aliphatic rings. The summed E-state index contributed by atoms with van der Waals surface area (Å²) in [6.45, 7) is 1.80. The van der Waals surface area contributed by atoms with E-state index >= 15 is 0 Å². The standard InChI is InChI=1S/C17H16ClFO2/c1-12(20)5-6-13-7-9-15(10-8-13)21-11-14-3-2-4-16(19)17(14)18/h2-4,7-10H,5-6,11H2,1H3. The number of carbonyl (C=O) groups excluding carboxylic acids is 1. The first-order chi connectivity index (χ1) is 10.1. The van der Waals surface area contributed by atoms with E-state index < -0.39 is 5.82 Å². The van der Waals surface area contributed by atoms with Gasteiger partial charge in [-0.05, 0) is 37.1 Å². The lowest BCUT2D eigenvalue weighted by atomic mass is 10.1. The SMILES string of the molecule is CC(=O)CCc1ccc(OCc2cccc(F)c2Cl)cc1. The molecule has 0 N–H and O–H groups in total. The highest BCUT2D eigenvalue weighted by atomic mass is 35.5. The van der Waals surface area contributed by atoms with Crippen LogP contribution in [0.5, 0.6) is 5.75 Å². The quantitative estimate of drug-likeness (QED) is 0.781. The van der Waals surface area contributed by atoms with Gasteiger partial charge in [0.1, 0.15) is 24.0 Å². The molecule has 0 radical (unpaired) electrons. The Balaban J connectivity index is 1.94. The van der Waals surface area contributed by atoms with Crippen LogP contribution in [0.4, 0.5) is 4.39 Å². The molecular weight excluding hydrogens is 291 g/mol. The van der Waals surface area contributed by atoms with Crippen molar-refractivity contribution in [1.29, 1.82) is 0 Å². The van der Waals surface area contributed by atoms with Crippen LogP contribution in [0.3, 0.4) is 0 Å². The normalized spacial score (nSPS) is 10.4. The van der Waals surface area contributed by atoms with Gasteiger partial charge in [-0.15, -0.1) is 0 Å². The van der Waals surface area contributed by atoms with Crippen LogP contribution in [0.1, 0.15) is 24.5 Å². The summed E-state index contributed by atoms with van der Waals surface area (Å²) in [6, 6.07) is 12.2. The summed E-state index contributed by atoms with van der Waals surface area (Å²) < 4.78 is 18.9. The second-order valence-corrected chi connectivity index (χ2v) is 5.23. The smallest absolute Gasteiger partial charge is 0.142 e. The van der Waals surface area contributed by atoms with Gasteiger partial charge in [-0.25, -0.2) is 4.39 Å². The third-order valence-electron chi connectivity index (χ3n) is 3.11. The summed E-state index contributed by atoms with van der Waals surface area (Å²) in [6.07, 6.45) is 1.27. The van der Waals surface area contributed by atoms with E-state index in [0.717, 1.165) is 12.0 Å². The van der Waals surface area contributed by atoms with Crippen LogP contribution in [0, 0.1) is 5.82 Å². The predicted molar refractivity (Wildman–Crippen MR) is 81.2 cm³/mol. The summed E-state index contributed by atoms with van der Waals surface area (Å²) >= 11 is 5.87. The molecule has 110 valence electrons. The summed E-state index contributed by atoms with van der Waals surface area (Å²) in [7, 11) is 0. The summed E-state index contributed by atoms with van der Waals surface area (Å²) in [5.74, 6) is 0.412. The molecule has 0 fully saturated rings. The van der Waals surface area contributed by atoms with E-state index in [2.05, 4.69) is 0 Å². The Morgan fingerprint density at radius 2 is 1.90 bits per heavy atom. The number of rotatable bonds is 6. The van der Waals surface area contributed by atoms with Crippen LogP contribution in [0.25, 0.3) is 0 Å². The van der Waals surface area contributed by atoms with Crippen molar-refractivity contribution in [2.24, 2.45) is 0 Å². The average Bonchev–Trinajstić information content (AvgIpc) is 2.48. The lowest BCUT2D eigenvalue weighted by molar-refractivity contribution is -0.116. The number of ketones is 1. The molecule has 0 saturated heterocycles. The molecule has 2 aromatic carbocycles. The van der Waals surface area contributed by atoms with Crippen molar-refractivity contribution < 1.29 is 13.9 Å². The van der Waals surface area contributed by atoms with E-state index in [4.69, 9.17) is 16.3 Å². The van der Waals surface area contributed by atoms with Gasteiger partial charge in [0.05, 0.1) is 5.02 Å². The molecule has 2 aromatic rings. The number of halogens is 2. The predicted octanol–water partition coefficient (Wildman–Crippen LogP) is 4.58. The minimum Gasteiger partial charge on any atom is -0.489 e. The van der Waals surface area contributed by atoms with E-state index in [1.165, 1.54) is 6.07 Å². The van der Waals surface area contributed by atoms with Crippen molar-refractivity contribution in [3.05, 3.63) is 64.4 Å². The number of hydrogen-bond donors (Lipinski definition) is 0. The van der Waals surface area contributed by atoms with Gasteiger partial charge < -0.3 is 9.53 Å². The molecule has 0 unspecified atom stereocenters. The number of ether oxygens (including phenoxy) is 1. The van der Waals surface area contributed by atoms with Crippen molar-refractivity contribution in [3.63, 3.8) is 0 Å². The van der Waals surface area contributed by atoms with E-state index in [1.807, 2.05) is 24.3 Å². The lowest BCUT2D eigenvalue weighted by Gasteiger charge is -2.09. The van der Waals surface area contributed by atoms with Gasteiger partial charge in [-0.2, -0.15) is 0 Å². The molecule has 21 heavy (non-hydrogen) atoms. The van der Waals surface area contributed by atoms with E-state index in [1.54, 1.807) is 19.1 Å². The Bertz CT molecular complexity index is 623. The number of Topliss-reactive ketones (excluding diaryl/α,β-unsaturated/α-hetero) is 1. The molecule has 2 rings (SSSR count). The van der Waals surface area contributed by atoms with Gasteiger partial charge in [0.2, 0.25) is 0 Å². The van der Waals surface area contributed by atoms with Gasteiger partial charge in [-0.3, -0.25) is 0 Å². The van der Waals surface area contributed by atoms with E-state index in [-0.39, 0.29) is 17.4 Å². The molecule has 0 aromatic heterocycles. The average molecular weight is 307 g/mol. The molecule has 0 atom stereocenters. The molecule has 2 nitrogen and oxygen atoms in total. The fourth-order valence-electron chi connectivity index (χ4n) is 1.89. The minimum absolute atomic E-state index is 0.0931. The Morgan fingerprint density at radius 3 is 2.57 bits per heavy atom. The van der Waals surface area contributed by atoms with Crippen molar-refractivity contribution >= 4 is 17.4 Å². The molecule has 0 aliphatic carbocycles. The van der Waals surface area contributed by atoms with Crippen molar-refractivity contribution in [2.75, 3.05) is 0 Å². The summed E-state index contributed by atoms with van der Waals surface area (Å²) in [4.78, 5) is 10.9. The number of carbonyl (C=O) groups is 1. The largest absolute Gasteiger partial charge is 0.489 e. The Hall–Kier alpha value is -1.87. The topological polar surface area (TPSA) is 26.3 Å². The number of hydrogen-bond acceptors (Lipinski definition) is 2. The molecule has 4 heteroatoms. The van der Waals surface area contributed by atoms with Crippen LogP contribution in [-0.4, -0.2) is 5.78 Å². The summed E-state index contributed by atoms with van der Waals surface area (Å²) in [5, 5.41) is 0.0931. The fraction of sp³-hybridized carbons (Fsp3) is 0.235. The fourth-order valence-corrected chi connectivity index (χ4v) is 2.07. The van der Waals surface area contributed by atoms with E-state index in [9.17, 15) is 9.18 Å². The third-order valence-corrected chi connectivity index (χ3v) is 3.54. The molecule has 0 aliphatic heterocycles. The van der Waals surface area contributed by atoms with Gasteiger partial charge >= 0.3 is 0 Å². The molecule has 0 amide bonds. The van der Waals surface area contributed by atoms with Gasteiger partial charge in [0.15, 0.2) is 0 Å². The molecule has 0 bridgehead atoms. The highest BCUT2D eigenvalue weighted by molar-refractivity contribution is 6.31. The molecule has 0 heterocycles. The summed E-state index contributed by atoms with van der Waals surface area (Å²) in [5.41, 5.74) is 1.69. The first kappa shape index (κ1) is 15.5. The second-order valence-electron chi connectivity index (χ2n) is 4.85. The lowest BCUT2D eigenvalue weighted by Crippen LogP contribution is -1.98. The van der Waals surface area contributed by atoms with Crippen LogP contribution in [-0.2, 0) is 17.8 Å². The van der Waals surface area contributed by atoms with E-state index in [0.29, 0.717) is 17.7 Å². The van der Waals surface area contributed by atoms with Crippen LogP contribution >= 0.6 is 11.6 Å². The van der Waals surface area contributed by atoms with Crippen LogP contribution in [0.15, 0.2) is 42.5 Å². The first-order valence-corrected chi connectivity index (χ1v) is 7.08. The zero-order valence-corrected chi connectivity index (χ0v) is 12.5. The van der Waals surface area contributed by atoms with Crippen molar-refractivity contribution in [2.45, 2.75) is 26.4 Å². The second kappa shape index (κ2) is 7.23. The van der Waals surface area contributed by atoms with Crippen LogP contribution < -0.4 is 4.74 Å². The molecule has 0 saturated carbocycles. The zero-order chi connectivity index (χ0) is 15.2. The number of aryl methyl sites for hydroxylation is 1.